The molecule has 0 aromatic carbocycles. The summed E-state index contributed by atoms with van der Waals surface area (Å²) in [5.41, 5.74) is 12.2. The monoisotopic (exact) mass is 223 g/mol. The molecular weight excluding hydrogens is 210 g/mol. The lowest BCUT2D eigenvalue weighted by Gasteiger charge is -2.22. The first-order valence-electron chi connectivity index (χ1n) is 3.75. The van der Waals surface area contributed by atoms with E-state index in [1.807, 2.05) is 0 Å². The second-order valence-corrected chi connectivity index (χ2v) is 2.46. The highest BCUT2D eigenvalue weighted by molar-refractivity contribution is 5.56. The largest absolute Gasteiger partial charge is 0.394 e. The van der Waals surface area contributed by atoms with Crippen molar-refractivity contribution in [3.63, 3.8) is 0 Å². The van der Waals surface area contributed by atoms with E-state index in [1.165, 1.54) is 0 Å². The SMILES string of the molecule is O=C[C@H](O)[C@@H](O)[C@@H](O)[C@H](O)CO.[N-]=[N+]=N. The molecule has 9 nitrogen and oxygen atoms in total. The average Bonchev–Trinajstić information content (AvgIpc) is 2.25. The molecule has 15 heavy (non-hydrogen) atoms. The molecule has 4 atom stereocenters. The molecule has 0 unspecified atom stereocenters. The molecule has 0 saturated carbocycles. The summed E-state index contributed by atoms with van der Waals surface area (Å²) >= 11 is 0. The van der Waals surface area contributed by atoms with Gasteiger partial charge in [0.2, 0.25) is 0 Å². The number of rotatable bonds is 5. The number of hydrogen-bond donors (Lipinski definition) is 6. The molecule has 9 heteroatoms. The van der Waals surface area contributed by atoms with Gasteiger partial charge in [-0.25, -0.2) is 0 Å². The molecule has 0 radical (unpaired) electrons. The van der Waals surface area contributed by atoms with Crippen LogP contribution >= 0.6 is 0 Å². The summed E-state index contributed by atoms with van der Waals surface area (Å²) in [6, 6.07) is 0. The first kappa shape index (κ1) is 16.2. The first-order valence-corrected chi connectivity index (χ1v) is 3.75. The van der Waals surface area contributed by atoms with Crippen LogP contribution in [0.5, 0.6) is 0 Å². The van der Waals surface area contributed by atoms with Crippen molar-refractivity contribution in [3.8, 4) is 0 Å². The van der Waals surface area contributed by atoms with Gasteiger partial charge in [-0.3, -0.25) is 0 Å². The highest BCUT2D eigenvalue weighted by atomic mass is 16.4. The average molecular weight is 223 g/mol. The Labute approximate surface area is 84.6 Å². The normalized spacial score (nSPS) is 17.4. The van der Waals surface area contributed by atoms with Gasteiger partial charge in [0.1, 0.15) is 24.4 Å². The summed E-state index contributed by atoms with van der Waals surface area (Å²) in [6.45, 7) is -0.760. The minimum absolute atomic E-state index is 0.0258. The summed E-state index contributed by atoms with van der Waals surface area (Å²) in [4.78, 5) is 11.6. The van der Waals surface area contributed by atoms with Gasteiger partial charge in [0.25, 0.3) is 0 Å². The van der Waals surface area contributed by atoms with Crippen LogP contribution in [0.2, 0.25) is 0 Å². The summed E-state index contributed by atoms with van der Waals surface area (Å²) in [6.07, 6.45) is -6.84. The smallest absolute Gasteiger partial charge is 0.151 e. The van der Waals surface area contributed by atoms with E-state index in [4.69, 9.17) is 36.6 Å². The molecule has 88 valence electrons. The van der Waals surface area contributed by atoms with Gasteiger partial charge in [-0.2, -0.15) is 0 Å². The molecule has 0 heterocycles. The number of nitrogens with zero attached hydrogens (tertiary/aromatic N) is 2. The van der Waals surface area contributed by atoms with E-state index in [0.29, 0.717) is 0 Å². The number of aliphatic hydroxyl groups is 5. The van der Waals surface area contributed by atoms with Crippen molar-refractivity contribution in [2.75, 3.05) is 6.61 Å². The zero-order valence-electron chi connectivity index (χ0n) is 7.63. The van der Waals surface area contributed by atoms with Crippen molar-refractivity contribution >= 4 is 6.29 Å². The van der Waals surface area contributed by atoms with E-state index in [1.54, 1.807) is 4.91 Å². The Morgan fingerprint density at radius 3 is 1.93 bits per heavy atom. The Bertz CT molecular complexity index is 207. The second-order valence-electron chi connectivity index (χ2n) is 2.46. The van der Waals surface area contributed by atoms with E-state index in [0.717, 1.165) is 0 Å². The van der Waals surface area contributed by atoms with Crippen LogP contribution in [-0.2, 0) is 4.79 Å². The van der Waals surface area contributed by atoms with E-state index < -0.39 is 31.0 Å². The molecule has 0 aliphatic carbocycles. The van der Waals surface area contributed by atoms with Crippen LogP contribution < -0.4 is 0 Å². The van der Waals surface area contributed by atoms with Gasteiger partial charge in [-0.15, -0.1) is 5.53 Å². The van der Waals surface area contributed by atoms with Gasteiger partial charge in [-0.05, 0) is 10.4 Å². The van der Waals surface area contributed by atoms with Crippen LogP contribution in [0.15, 0.2) is 0 Å². The number of nitrogens with one attached hydrogen (secondary N) is 1. The van der Waals surface area contributed by atoms with Gasteiger partial charge in [-0.1, -0.05) is 0 Å². The van der Waals surface area contributed by atoms with Crippen LogP contribution in [0.3, 0.4) is 0 Å². The van der Waals surface area contributed by atoms with Crippen molar-refractivity contribution in [2.45, 2.75) is 24.4 Å². The molecular formula is C6H13N3O6. The number of carbonyl (C=O) groups is 1. The van der Waals surface area contributed by atoms with Crippen LogP contribution in [-0.4, -0.2) is 62.8 Å². The minimum Gasteiger partial charge on any atom is -0.394 e. The Kier molecular flexibility index (Phi) is 10.1. The molecule has 0 aromatic rings. The Morgan fingerprint density at radius 1 is 1.27 bits per heavy atom. The van der Waals surface area contributed by atoms with Gasteiger partial charge in [0.05, 0.1) is 6.61 Å². The molecule has 0 rings (SSSR count). The van der Waals surface area contributed by atoms with Crippen molar-refractivity contribution < 1.29 is 30.3 Å². The molecule has 6 N–H and O–H groups in total. The maximum absolute atomic E-state index is 9.90. The zero-order chi connectivity index (χ0) is 12.4. The molecule has 0 saturated heterocycles. The fraction of sp³-hybridized carbons (Fsp3) is 0.833. The van der Waals surface area contributed by atoms with Crippen LogP contribution in [0.1, 0.15) is 0 Å². The van der Waals surface area contributed by atoms with Crippen LogP contribution in [0.25, 0.3) is 10.4 Å². The Morgan fingerprint density at radius 2 is 1.67 bits per heavy atom. The standard InChI is InChI=1S/C6H12O6.HN3/c7-1-3(9)5(11)6(12)4(10)2-8;1-3-2/h1,3-6,8-12H,2H2;1H/t3-,4+,5+,6-;/m0./s1. The number of hydrogen-bond acceptors (Lipinski definition) is 7. The first-order chi connectivity index (χ1) is 6.95. The highest BCUT2D eigenvalue weighted by Gasteiger charge is 2.29. The van der Waals surface area contributed by atoms with Crippen molar-refractivity contribution in [3.05, 3.63) is 10.4 Å². The predicted octanol–water partition coefficient (Wildman–Crippen LogP) is -2.50. The third-order valence-corrected chi connectivity index (χ3v) is 1.42. The summed E-state index contributed by atoms with van der Waals surface area (Å²) < 4.78 is 0. The topological polar surface area (TPSA) is 178 Å². The van der Waals surface area contributed by atoms with Crippen LogP contribution in [0.4, 0.5) is 0 Å². The minimum atomic E-state index is -1.79. The van der Waals surface area contributed by atoms with Gasteiger partial charge in [0, 0.05) is 0 Å². The Balaban J connectivity index is 0. The van der Waals surface area contributed by atoms with Crippen LogP contribution in [0, 0.1) is 5.53 Å². The maximum atomic E-state index is 9.90. The molecule has 0 bridgehead atoms. The van der Waals surface area contributed by atoms with Crippen molar-refractivity contribution in [2.24, 2.45) is 0 Å². The molecule has 0 aliphatic rings. The second kappa shape index (κ2) is 9.34. The van der Waals surface area contributed by atoms with E-state index in [2.05, 4.69) is 0 Å². The lowest BCUT2D eigenvalue weighted by molar-refractivity contribution is -0.136. The van der Waals surface area contributed by atoms with E-state index in [-0.39, 0.29) is 6.29 Å². The zero-order valence-corrected chi connectivity index (χ0v) is 7.63. The van der Waals surface area contributed by atoms with Gasteiger partial charge in [0.15, 0.2) is 6.29 Å². The number of aliphatic hydroxyl groups excluding tert-OH is 5. The van der Waals surface area contributed by atoms with Crippen molar-refractivity contribution in [1.29, 1.82) is 5.53 Å². The lowest BCUT2D eigenvalue weighted by Crippen LogP contribution is -2.46. The third kappa shape index (κ3) is 6.80. The van der Waals surface area contributed by atoms with Gasteiger partial charge < -0.3 is 30.3 Å². The van der Waals surface area contributed by atoms with E-state index in [9.17, 15) is 4.79 Å². The third-order valence-electron chi connectivity index (χ3n) is 1.42. The molecule has 0 amide bonds. The van der Waals surface area contributed by atoms with Crippen molar-refractivity contribution in [1.82, 2.24) is 0 Å². The lowest BCUT2D eigenvalue weighted by atomic mass is 10.0. The van der Waals surface area contributed by atoms with E-state index >= 15 is 0 Å². The quantitative estimate of drug-likeness (QED) is 0.130. The predicted molar refractivity (Wildman–Crippen MR) is 46.6 cm³/mol. The summed E-state index contributed by atoms with van der Waals surface area (Å²) in [7, 11) is 0. The molecule has 0 fully saturated rings. The fourth-order valence-corrected chi connectivity index (χ4v) is 0.618. The molecule has 0 aliphatic heterocycles. The fourth-order valence-electron chi connectivity index (χ4n) is 0.618. The maximum Gasteiger partial charge on any atom is 0.151 e. The Hall–Kier alpha value is -1.22. The molecule has 0 spiro atoms. The number of carbonyl (C=O) groups excluding carboxylic acids is 1. The summed E-state index contributed by atoms with van der Waals surface area (Å²) in [5, 5.41) is 43.5. The summed E-state index contributed by atoms with van der Waals surface area (Å²) in [5.74, 6) is 0. The van der Waals surface area contributed by atoms with Gasteiger partial charge >= 0.3 is 0 Å². The molecule has 0 aromatic heterocycles. The number of aldehydes is 1. The highest BCUT2D eigenvalue weighted by Crippen LogP contribution is 2.02.